The van der Waals surface area contributed by atoms with E-state index in [9.17, 15) is 4.79 Å². The molecule has 0 atom stereocenters. The van der Waals surface area contributed by atoms with Gasteiger partial charge < -0.3 is 4.98 Å². The summed E-state index contributed by atoms with van der Waals surface area (Å²) in [5, 5.41) is 3.39. The van der Waals surface area contributed by atoms with Crippen LogP contribution in [0.25, 0.3) is 44.1 Å². The third-order valence-corrected chi connectivity index (χ3v) is 4.90. The van der Waals surface area contributed by atoms with E-state index in [1.807, 2.05) is 36.4 Å². The van der Waals surface area contributed by atoms with E-state index in [1.165, 1.54) is 16.3 Å². The van der Waals surface area contributed by atoms with Gasteiger partial charge in [-0.25, -0.2) is 4.79 Å². The maximum absolute atomic E-state index is 11.9. The predicted octanol–water partition coefficient (Wildman–Crippen LogP) is 5.41. The second kappa shape index (κ2) is 6.22. The Morgan fingerprint density at radius 3 is 2.15 bits per heavy atom. The fraction of sp³-hybridized carbons (Fsp3) is 0. The Morgan fingerprint density at radius 1 is 0.630 bits per heavy atom. The van der Waals surface area contributed by atoms with Crippen molar-refractivity contribution in [3.05, 3.63) is 101 Å². The van der Waals surface area contributed by atoms with Crippen molar-refractivity contribution in [2.75, 3.05) is 0 Å². The van der Waals surface area contributed by atoms with Gasteiger partial charge in [-0.15, -0.1) is 0 Å². The summed E-state index contributed by atoms with van der Waals surface area (Å²) in [6.07, 6.45) is 0. The van der Waals surface area contributed by atoms with Crippen molar-refractivity contribution in [2.24, 2.45) is 0 Å². The molecule has 0 aliphatic rings. The molecule has 27 heavy (non-hydrogen) atoms. The van der Waals surface area contributed by atoms with Gasteiger partial charge in [-0.2, -0.15) is 4.98 Å². The molecule has 0 spiro atoms. The van der Waals surface area contributed by atoms with E-state index in [4.69, 9.17) is 0 Å². The number of hydrogen-bond acceptors (Lipinski definition) is 2. The zero-order valence-electron chi connectivity index (χ0n) is 14.5. The average molecular weight is 348 g/mol. The number of benzene rings is 4. The van der Waals surface area contributed by atoms with Crippen LogP contribution >= 0.6 is 0 Å². The zero-order valence-corrected chi connectivity index (χ0v) is 14.5. The monoisotopic (exact) mass is 348 g/mol. The summed E-state index contributed by atoms with van der Waals surface area (Å²) >= 11 is 0. The van der Waals surface area contributed by atoms with E-state index >= 15 is 0 Å². The number of hydrogen-bond donors (Lipinski definition) is 1. The van der Waals surface area contributed by atoms with Gasteiger partial charge in [-0.3, -0.25) is 0 Å². The molecule has 0 saturated heterocycles. The number of fused-ring (bicyclic) bond motifs is 2. The van der Waals surface area contributed by atoms with Crippen LogP contribution < -0.4 is 5.69 Å². The third kappa shape index (κ3) is 2.70. The molecule has 0 aliphatic carbocycles. The van der Waals surface area contributed by atoms with Crippen LogP contribution in [0.4, 0.5) is 0 Å². The number of rotatable bonds is 2. The SMILES string of the molecule is O=c1nc(-c2ccc(-c3cccc4ccccc34)cc2)c2ccccc2[nH]1. The maximum Gasteiger partial charge on any atom is 0.345 e. The van der Waals surface area contributed by atoms with E-state index in [0.29, 0.717) is 5.69 Å². The summed E-state index contributed by atoms with van der Waals surface area (Å²) in [4.78, 5) is 18.9. The lowest BCUT2D eigenvalue weighted by Gasteiger charge is -2.09. The Hall–Kier alpha value is -3.72. The summed E-state index contributed by atoms with van der Waals surface area (Å²) in [5.74, 6) is 0. The number of aromatic nitrogens is 2. The Kier molecular flexibility index (Phi) is 3.58. The lowest BCUT2D eigenvalue weighted by atomic mass is 9.96. The van der Waals surface area contributed by atoms with Crippen LogP contribution in [0.2, 0.25) is 0 Å². The minimum absolute atomic E-state index is 0.332. The van der Waals surface area contributed by atoms with Crippen molar-refractivity contribution in [1.82, 2.24) is 9.97 Å². The highest BCUT2D eigenvalue weighted by atomic mass is 16.1. The first-order valence-electron chi connectivity index (χ1n) is 8.87. The Labute approximate surface area is 156 Å². The molecule has 0 bridgehead atoms. The van der Waals surface area contributed by atoms with E-state index < -0.39 is 0 Å². The van der Waals surface area contributed by atoms with Gasteiger partial charge in [-0.05, 0) is 28.0 Å². The molecule has 5 rings (SSSR count). The summed E-state index contributed by atoms with van der Waals surface area (Å²) in [7, 11) is 0. The molecular weight excluding hydrogens is 332 g/mol. The normalized spacial score (nSPS) is 11.1. The number of nitrogens with zero attached hydrogens (tertiary/aromatic N) is 1. The molecule has 0 saturated carbocycles. The fourth-order valence-electron chi connectivity index (χ4n) is 3.61. The Bertz CT molecular complexity index is 1330. The second-order valence-electron chi connectivity index (χ2n) is 6.54. The van der Waals surface area contributed by atoms with Gasteiger partial charge in [0.25, 0.3) is 0 Å². The molecule has 0 amide bonds. The summed E-state index contributed by atoms with van der Waals surface area (Å²) < 4.78 is 0. The average Bonchev–Trinajstić information content (AvgIpc) is 2.73. The number of nitrogens with one attached hydrogen (secondary N) is 1. The van der Waals surface area contributed by atoms with Crippen LogP contribution in [-0.2, 0) is 0 Å². The molecule has 4 aromatic carbocycles. The first-order valence-corrected chi connectivity index (χ1v) is 8.87. The molecule has 0 radical (unpaired) electrons. The predicted molar refractivity (Wildman–Crippen MR) is 111 cm³/mol. The lowest BCUT2D eigenvalue weighted by molar-refractivity contribution is 1.12. The number of H-pyrrole nitrogens is 1. The molecule has 1 aromatic heterocycles. The van der Waals surface area contributed by atoms with Gasteiger partial charge >= 0.3 is 5.69 Å². The molecule has 0 unspecified atom stereocenters. The molecule has 1 heterocycles. The van der Waals surface area contributed by atoms with Crippen LogP contribution in [0.1, 0.15) is 0 Å². The Balaban J connectivity index is 1.65. The molecule has 3 nitrogen and oxygen atoms in total. The van der Waals surface area contributed by atoms with Crippen LogP contribution in [0.5, 0.6) is 0 Å². The van der Waals surface area contributed by atoms with Crippen molar-refractivity contribution in [3.63, 3.8) is 0 Å². The van der Waals surface area contributed by atoms with Crippen LogP contribution in [-0.4, -0.2) is 9.97 Å². The molecule has 0 fully saturated rings. The molecule has 128 valence electrons. The fourth-order valence-corrected chi connectivity index (χ4v) is 3.61. The number of para-hydroxylation sites is 1. The van der Waals surface area contributed by atoms with Gasteiger partial charge in [0.2, 0.25) is 0 Å². The molecule has 3 heteroatoms. The summed E-state index contributed by atoms with van der Waals surface area (Å²) in [6.45, 7) is 0. The van der Waals surface area contributed by atoms with Crippen molar-refractivity contribution < 1.29 is 0 Å². The van der Waals surface area contributed by atoms with Crippen molar-refractivity contribution in [1.29, 1.82) is 0 Å². The quantitative estimate of drug-likeness (QED) is 0.463. The zero-order chi connectivity index (χ0) is 18.2. The topological polar surface area (TPSA) is 45.8 Å². The van der Waals surface area contributed by atoms with Crippen LogP contribution in [0.3, 0.4) is 0 Å². The minimum Gasteiger partial charge on any atom is -0.305 e. The molecular formula is C24H16N2O. The van der Waals surface area contributed by atoms with Crippen molar-refractivity contribution in [3.8, 4) is 22.4 Å². The van der Waals surface area contributed by atoms with Crippen molar-refractivity contribution >= 4 is 21.7 Å². The van der Waals surface area contributed by atoms with Gasteiger partial charge in [0.15, 0.2) is 0 Å². The highest BCUT2D eigenvalue weighted by Crippen LogP contribution is 2.31. The first-order chi connectivity index (χ1) is 13.3. The second-order valence-corrected chi connectivity index (χ2v) is 6.54. The highest BCUT2D eigenvalue weighted by Gasteiger charge is 2.09. The van der Waals surface area contributed by atoms with E-state index in [2.05, 4.69) is 64.6 Å². The minimum atomic E-state index is -0.332. The molecule has 1 N–H and O–H groups in total. The van der Waals surface area contributed by atoms with Crippen molar-refractivity contribution in [2.45, 2.75) is 0 Å². The first kappa shape index (κ1) is 15.5. The lowest BCUT2D eigenvalue weighted by Crippen LogP contribution is -2.11. The largest absolute Gasteiger partial charge is 0.345 e. The molecule has 0 aliphatic heterocycles. The highest BCUT2D eigenvalue weighted by molar-refractivity contribution is 5.97. The van der Waals surface area contributed by atoms with Gasteiger partial charge in [0.1, 0.15) is 0 Å². The Morgan fingerprint density at radius 2 is 1.30 bits per heavy atom. The van der Waals surface area contributed by atoms with Gasteiger partial charge in [0.05, 0.1) is 11.2 Å². The smallest absolute Gasteiger partial charge is 0.305 e. The number of aromatic amines is 1. The maximum atomic E-state index is 11.9. The van der Waals surface area contributed by atoms with E-state index in [0.717, 1.165) is 22.0 Å². The van der Waals surface area contributed by atoms with Gasteiger partial charge in [0, 0.05) is 10.9 Å². The molecule has 5 aromatic rings. The summed E-state index contributed by atoms with van der Waals surface area (Å²) in [5.41, 5.74) is 4.45. The van der Waals surface area contributed by atoms with Crippen LogP contribution in [0, 0.1) is 0 Å². The van der Waals surface area contributed by atoms with Crippen LogP contribution in [0.15, 0.2) is 95.8 Å². The summed E-state index contributed by atoms with van der Waals surface area (Å²) in [6, 6.07) is 30.7. The van der Waals surface area contributed by atoms with E-state index in [1.54, 1.807) is 0 Å². The van der Waals surface area contributed by atoms with E-state index in [-0.39, 0.29) is 5.69 Å². The standard InChI is InChI=1S/C24H16N2O/c27-24-25-22-11-4-3-9-21(22)23(26-24)18-14-12-17(13-15-18)20-10-5-7-16-6-1-2-8-19(16)20/h1-15H,(H,25,26,27). The van der Waals surface area contributed by atoms with Gasteiger partial charge in [-0.1, -0.05) is 84.9 Å². The third-order valence-electron chi connectivity index (χ3n) is 4.90.